The first-order valence-corrected chi connectivity index (χ1v) is 5.79. The van der Waals surface area contributed by atoms with Crippen molar-refractivity contribution >= 4 is 12.6 Å². The van der Waals surface area contributed by atoms with E-state index in [1.54, 1.807) is 0 Å². The molecule has 0 unspecified atom stereocenters. The zero-order valence-corrected chi connectivity index (χ0v) is 8.76. The van der Waals surface area contributed by atoms with Crippen molar-refractivity contribution in [3.8, 4) is 0 Å². The molecule has 0 bridgehead atoms. The molecule has 1 saturated carbocycles. The van der Waals surface area contributed by atoms with Crippen LogP contribution in [0.1, 0.15) is 25.7 Å². The Morgan fingerprint density at radius 3 is 2.13 bits per heavy atom. The zero-order valence-electron chi connectivity index (χ0n) is 8.76. The van der Waals surface area contributed by atoms with Crippen LogP contribution in [0.15, 0.2) is 30.3 Å². The Morgan fingerprint density at radius 2 is 1.53 bits per heavy atom. The number of hydrogen-bond donors (Lipinski definition) is 0. The first-order valence-electron chi connectivity index (χ1n) is 5.79. The number of hydrogen-bond acceptors (Lipinski definition) is 2. The summed E-state index contributed by atoms with van der Waals surface area (Å²) in [6.07, 6.45) is 5.56. The molecule has 15 heavy (non-hydrogen) atoms. The van der Waals surface area contributed by atoms with Gasteiger partial charge in [0.15, 0.2) is 0 Å². The molecule has 2 nitrogen and oxygen atoms in total. The van der Waals surface area contributed by atoms with Crippen LogP contribution in [-0.4, -0.2) is 19.3 Å². The van der Waals surface area contributed by atoms with Gasteiger partial charge in [0.05, 0.1) is 12.2 Å². The van der Waals surface area contributed by atoms with Crippen LogP contribution in [0.2, 0.25) is 0 Å². The summed E-state index contributed by atoms with van der Waals surface area (Å²) in [5.41, 5.74) is 1.15. The van der Waals surface area contributed by atoms with Crippen LogP contribution in [-0.2, 0) is 9.31 Å². The monoisotopic (exact) mass is 202 g/mol. The highest BCUT2D eigenvalue weighted by atomic mass is 16.7. The molecule has 1 aliphatic carbocycles. The van der Waals surface area contributed by atoms with E-state index < -0.39 is 0 Å². The van der Waals surface area contributed by atoms with E-state index >= 15 is 0 Å². The van der Waals surface area contributed by atoms with Gasteiger partial charge in [-0.15, -0.1) is 0 Å². The molecule has 2 fully saturated rings. The van der Waals surface area contributed by atoms with Gasteiger partial charge in [0.2, 0.25) is 0 Å². The second-order valence-corrected chi connectivity index (χ2v) is 4.38. The molecule has 3 heteroatoms. The van der Waals surface area contributed by atoms with Crippen molar-refractivity contribution in [1.29, 1.82) is 0 Å². The largest absolute Gasteiger partial charge is 0.494 e. The minimum atomic E-state index is -0.126. The van der Waals surface area contributed by atoms with Crippen molar-refractivity contribution in [3.63, 3.8) is 0 Å². The van der Waals surface area contributed by atoms with E-state index in [0.717, 1.165) is 18.3 Å². The van der Waals surface area contributed by atoms with Crippen LogP contribution >= 0.6 is 0 Å². The molecule has 0 spiro atoms. The highest BCUT2D eigenvalue weighted by molar-refractivity contribution is 6.61. The van der Waals surface area contributed by atoms with Crippen LogP contribution in [0, 0.1) is 0 Å². The molecule has 78 valence electrons. The summed E-state index contributed by atoms with van der Waals surface area (Å²) < 4.78 is 11.9. The molecule has 3 rings (SSSR count). The van der Waals surface area contributed by atoms with Crippen molar-refractivity contribution in [2.75, 3.05) is 0 Å². The van der Waals surface area contributed by atoms with Gasteiger partial charge in [0.1, 0.15) is 0 Å². The second-order valence-electron chi connectivity index (χ2n) is 4.38. The van der Waals surface area contributed by atoms with Crippen LogP contribution in [0.5, 0.6) is 0 Å². The molecule has 1 heterocycles. The van der Waals surface area contributed by atoms with Crippen LogP contribution < -0.4 is 5.46 Å². The van der Waals surface area contributed by atoms with E-state index in [9.17, 15) is 0 Å². The fourth-order valence-corrected chi connectivity index (χ4v) is 2.49. The molecule has 1 aromatic rings. The van der Waals surface area contributed by atoms with Crippen LogP contribution in [0.4, 0.5) is 0 Å². The number of fused-ring (bicyclic) bond motifs is 1. The molecule has 0 radical (unpaired) electrons. The van der Waals surface area contributed by atoms with Gasteiger partial charge in [-0.2, -0.15) is 0 Å². The number of benzene rings is 1. The van der Waals surface area contributed by atoms with Gasteiger partial charge >= 0.3 is 7.12 Å². The third kappa shape index (κ3) is 1.82. The summed E-state index contributed by atoms with van der Waals surface area (Å²) in [6.45, 7) is 0. The molecule has 2 aliphatic rings. The lowest BCUT2D eigenvalue weighted by atomic mass is 9.79. The summed E-state index contributed by atoms with van der Waals surface area (Å²) in [6, 6.07) is 10.2. The molecule has 0 aromatic heterocycles. The lowest BCUT2D eigenvalue weighted by molar-refractivity contribution is 0.110. The van der Waals surface area contributed by atoms with Gasteiger partial charge in [-0.3, -0.25) is 0 Å². The van der Waals surface area contributed by atoms with Gasteiger partial charge < -0.3 is 9.31 Å². The Hall–Kier alpha value is -0.795. The van der Waals surface area contributed by atoms with Crippen molar-refractivity contribution in [1.82, 2.24) is 0 Å². The molecular weight excluding hydrogens is 187 g/mol. The van der Waals surface area contributed by atoms with Crippen molar-refractivity contribution < 1.29 is 9.31 Å². The van der Waals surface area contributed by atoms with E-state index in [2.05, 4.69) is 12.1 Å². The fourth-order valence-electron chi connectivity index (χ4n) is 2.49. The first kappa shape index (κ1) is 9.43. The third-order valence-electron chi connectivity index (χ3n) is 3.31. The zero-order chi connectivity index (χ0) is 10.1. The summed E-state index contributed by atoms with van der Waals surface area (Å²) >= 11 is 0. The Kier molecular flexibility index (Phi) is 2.51. The molecule has 2 atom stereocenters. The average Bonchev–Trinajstić information content (AvgIpc) is 2.74. The van der Waals surface area contributed by atoms with E-state index in [-0.39, 0.29) is 7.12 Å². The van der Waals surface area contributed by atoms with E-state index in [4.69, 9.17) is 9.31 Å². The molecular formula is C12H15BO2. The Labute approximate surface area is 90.7 Å². The summed E-state index contributed by atoms with van der Waals surface area (Å²) in [7, 11) is -0.126. The maximum atomic E-state index is 5.93. The van der Waals surface area contributed by atoms with Gasteiger partial charge in [0, 0.05) is 0 Å². The second kappa shape index (κ2) is 3.99. The highest BCUT2D eigenvalue weighted by Crippen LogP contribution is 2.29. The topological polar surface area (TPSA) is 18.5 Å². The molecule has 0 N–H and O–H groups in total. The summed E-state index contributed by atoms with van der Waals surface area (Å²) in [4.78, 5) is 0. The van der Waals surface area contributed by atoms with E-state index in [1.165, 1.54) is 12.8 Å². The van der Waals surface area contributed by atoms with Crippen molar-refractivity contribution in [3.05, 3.63) is 30.3 Å². The lowest BCUT2D eigenvalue weighted by Crippen LogP contribution is -2.32. The normalized spacial score (nSPS) is 30.3. The minimum Gasteiger partial charge on any atom is -0.402 e. The minimum absolute atomic E-state index is 0.126. The Morgan fingerprint density at radius 1 is 0.933 bits per heavy atom. The Balaban J connectivity index is 1.75. The lowest BCUT2D eigenvalue weighted by Gasteiger charge is -2.22. The first-order chi connectivity index (χ1) is 7.43. The predicted molar refractivity (Wildman–Crippen MR) is 60.0 cm³/mol. The maximum absolute atomic E-state index is 5.93. The maximum Gasteiger partial charge on any atom is 0.494 e. The van der Waals surface area contributed by atoms with E-state index in [0.29, 0.717) is 12.2 Å². The Bertz CT molecular complexity index is 314. The van der Waals surface area contributed by atoms with Gasteiger partial charge in [0.25, 0.3) is 0 Å². The SMILES string of the molecule is c1ccc(B2O[C@H]3CCCC[C@H]3O2)cc1. The molecule has 1 aromatic carbocycles. The average molecular weight is 202 g/mol. The fraction of sp³-hybridized carbons (Fsp3) is 0.500. The van der Waals surface area contributed by atoms with Crippen molar-refractivity contribution in [2.24, 2.45) is 0 Å². The summed E-state index contributed by atoms with van der Waals surface area (Å²) in [5, 5.41) is 0. The quantitative estimate of drug-likeness (QED) is 0.645. The van der Waals surface area contributed by atoms with E-state index in [1.807, 2.05) is 18.2 Å². The summed E-state index contributed by atoms with van der Waals surface area (Å²) in [5.74, 6) is 0. The van der Waals surface area contributed by atoms with Crippen molar-refractivity contribution in [2.45, 2.75) is 37.9 Å². The van der Waals surface area contributed by atoms with Crippen LogP contribution in [0.25, 0.3) is 0 Å². The van der Waals surface area contributed by atoms with Gasteiger partial charge in [-0.1, -0.05) is 43.2 Å². The predicted octanol–water partition coefficient (Wildman–Crippen LogP) is 1.74. The van der Waals surface area contributed by atoms with Gasteiger partial charge in [-0.05, 0) is 18.3 Å². The third-order valence-corrected chi connectivity index (χ3v) is 3.31. The molecule has 1 saturated heterocycles. The molecule has 0 amide bonds. The van der Waals surface area contributed by atoms with Crippen LogP contribution in [0.3, 0.4) is 0 Å². The standard InChI is InChI=1S/C12H15BO2/c1-2-6-10(7-3-1)13-14-11-8-4-5-9-12(11)15-13/h1-3,6-7,11-12H,4-5,8-9H2/t11-,12+. The smallest absolute Gasteiger partial charge is 0.402 e. The molecule has 1 aliphatic heterocycles. The highest BCUT2D eigenvalue weighted by Gasteiger charge is 2.41. The van der Waals surface area contributed by atoms with Gasteiger partial charge in [-0.25, -0.2) is 0 Å². The number of rotatable bonds is 1.